The van der Waals surface area contributed by atoms with Crippen LogP contribution in [0.15, 0.2) is 30.3 Å². The molecule has 1 unspecified atom stereocenters. The minimum atomic E-state index is -1.07. The highest BCUT2D eigenvalue weighted by Crippen LogP contribution is 2.29. The number of carboxylic acids is 1. The lowest BCUT2D eigenvalue weighted by Crippen LogP contribution is -2.38. The maximum atomic E-state index is 12.1. The molecule has 1 aromatic carbocycles. The van der Waals surface area contributed by atoms with Gasteiger partial charge in [-0.2, -0.15) is 0 Å². The van der Waals surface area contributed by atoms with E-state index in [0.29, 0.717) is 12.1 Å². The number of aromatic nitrogens is 2. The van der Waals surface area contributed by atoms with E-state index in [4.69, 9.17) is 5.11 Å². The molecule has 3 aromatic rings. The Morgan fingerprint density at radius 3 is 2.57 bits per heavy atom. The van der Waals surface area contributed by atoms with E-state index in [2.05, 4.69) is 33.6 Å². The maximum absolute atomic E-state index is 12.1. The monoisotopic (exact) mass is 398 g/mol. The van der Waals surface area contributed by atoms with Gasteiger partial charge < -0.3 is 15.7 Å². The number of nitrogens with one attached hydrogen (secondary N) is 2. The van der Waals surface area contributed by atoms with Gasteiger partial charge in [0.1, 0.15) is 22.5 Å². The summed E-state index contributed by atoms with van der Waals surface area (Å²) in [6.07, 6.45) is 0.962. The lowest BCUT2D eigenvalue weighted by molar-refractivity contribution is -0.138. The van der Waals surface area contributed by atoms with E-state index >= 15 is 0 Å². The third-order valence-corrected chi connectivity index (χ3v) is 5.47. The van der Waals surface area contributed by atoms with Crippen LogP contribution in [0.1, 0.15) is 40.5 Å². The van der Waals surface area contributed by atoms with Crippen LogP contribution in [-0.2, 0) is 17.8 Å². The highest BCUT2D eigenvalue weighted by molar-refractivity contribution is 7.18. The standard InChI is InChI=1S/C20H22N4O3S/c1-4-15-9-16-17(23-12(3)24-19(16)28-15)21-10-13-5-7-14(8-6-13)18(25)22-11(2)20(26)27/h5-9,11H,4,10H2,1-3H3,(H,22,25)(H,26,27)(H,21,23,24). The summed E-state index contributed by atoms with van der Waals surface area (Å²) >= 11 is 1.68. The molecule has 0 fully saturated rings. The number of thiophene rings is 1. The molecule has 0 radical (unpaired) electrons. The van der Waals surface area contributed by atoms with Crippen LogP contribution >= 0.6 is 11.3 Å². The lowest BCUT2D eigenvalue weighted by Gasteiger charge is -2.10. The fourth-order valence-electron chi connectivity index (χ4n) is 2.69. The number of nitrogens with zero attached hydrogens (tertiary/aromatic N) is 2. The van der Waals surface area contributed by atoms with Gasteiger partial charge in [0.05, 0.1) is 5.39 Å². The van der Waals surface area contributed by atoms with E-state index in [0.717, 1.165) is 33.8 Å². The van der Waals surface area contributed by atoms with Crippen molar-refractivity contribution in [1.82, 2.24) is 15.3 Å². The Hall–Kier alpha value is -3.00. The third-order valence-electron chi connectivity index (χ3n) is 4.30. The number of fused-ring (bicyclic) bond motifs is 1. The molecule has 0 aliphatic carbocycles. The summed E-state index contributed by atoms with van der Waals surface area (Å²) in [5.41, 5.74) is 1.40. The zero-order valence-corrected chi connectivity index (χ0v) is 16.8. The molecule has 2 heterocycles. The normalized spacial score (nSPS) is 12.0. The molecule has 0 saturated carbocycles. The fraction of sp³-hybridized carbons (Fsp3) is 0.300. The Labute approximate surface area is 166 Å². The number of hydrogen-bond donors (Lipinski definition) is 3. The number of carbonyl (C=O) groups is 2. The van der Waals surface area contributed by atoms with Crippen LogP contribution in [0.2, 0.25) is 0 Å². The number of aryl methyl sites for hydroxylation is 2. The second kappa shape index (κ2) is 8.35. The second-order valence-corrected chi connectivity index (χ2v) is 7.60. The van der Waals surface area contributed by atoms with Crippen LogP contribution in [0.4, 0.5) is 5.82 Å². The van der Waals surface area contributed by atoms with E-state index in [9.17, 15) is 9.59 Å². The van der Waals surface area contributed by atoms with Gasteiger partial charge in [-0.05, 0) is 44.0 Å². The van der Waals surface area contributed by atoms with Crippen LogP contribution in [0.3, 0.4) is 0 Å². The van der Waals surface area contributed by atoms with Crippen LogP contribution in [-0.4, -0.2) is 33.0 Å². The number of carboxylic acid groups (broad SMARTS) is 1. The van der Waals surface area contributed by atoms with E-state index in [1.807, 2.05) is 19.1 Å². The van der Waals surface area contributed by atoms with Gasteiger partial charge in [-0.25, -0.2) is 9.97 Å². The van der Waals surface area contributed by atoms with Gasteiger partial charge in [-0.3, -0.25) is 9.59 Å². The topological polar surface area (TPSA) is 104 Å². The van der Waals surface area contributed by atoms with Crippen molar-refractivity contribution >= 4 is 39.2 Å². The molecule has 146 valence electrons. The third kappa shape index (κ3) is 4.45. The molecular weight excluding hydrogens is 376 g/mol. The lowest BCUT2D eigenvalue weighted by atomic mass is 10.1. The molecule has 0 aliphatic rings. The number of carbonyl (C=O) groups excluding carboxylic acids is 1. The zero-order chi connectivity index (χ0) is 20.3. The first-order chi connectivity index (χ1) is 13.4. The second-order valence-electron chi connectivity index (χ2n) is 6.49. The molecular formula is C20H22N4O3S. The largest absolute Gasteiger partial charge is 0.480 e. The molecule has 3 N–H and O–H groups in total. The van der Waals surface area contributed by atoms with Gasteiger partial charge in [0, 0.05) is 17.0 Å². The predicted octanol–water partition coefficient (Wildman–Crippen LogP) is 3.38. The van der Waals surface area contributed by atoms with E-state index in [1.54, 1.807) is 23.5 Å². The number of amides is 1. The van der Waals surface area contributed by atoms with Crippen molar-refractivity contribution in [2.75, 3.05) is 5.32 Å². The van der Waals surface area contributed by atoms with Crippen molar-refractivity contribution in [3.8, 4) is 0 Å². The van der Waals surface area contributed by atoms with Gasteiger partial charge in [0.25, 0.3) is 5.91 Å². The summed E-state index contributed by atoms with van der Waals surface area (Å²) in [6.45, 7) is 5.97. The molecule has 0 spiro atoms. The predicted molar refractivity (Wildman–Crippen MR) is 110 cm³/mol. The van der Waals surface area contributed by atoms with Crippen molar-refractivity contribution < 1.29 is 14.7 Å². The number of benzene rings is 1. The average molecular weight is 398 g/mol. The number of aliphatic carboxylic acids is 1. The van der Waals surface area contributed by atoms with Gasteiger partial charge in [-0.1, -0.05) is 19.1 Å². The smallest absolute Gasteiger partial charge is 0.325 e. The molecule has 0 aliphatic heterocycles. The minimum Gasteiger partial charge on any atom is -0.480 e. The molecule has 2 aromatic heterocycles. The molecule has 0 saturated heterocycles. The van der Waals surface area contributed by atoms with Crippen molar-refractivity contribution in [1.29, 1.82) is 0 Å². The zero-order valence-electron chi connectivity index (χ0n) is 15.9. The van der Waals surface area contributed by atoms with Crippen LogP contribution in [0, 0.1) is 6.92 Å². The highest BCUT2D eigenvalue weighted by Gasteiger charge is 2.15. The van der Waals surface area contributed by atoms with Gasteiger partial charge in [0.15, 0.2) is 0 Å². The quantitative estimate of drug-likeness (QED) is 0.564. The van der Waals surface area contributed by atoms with Gasteiger partial charge in [0.2, 0.25) is 0 Å². The van der Waals surface area contributed by atoms with E-state index in [1.165, 1.54) is 11.8 Å². The summed E-state index contributed by atoms with van der Waals surface area (Å²) in [5.74, 6) is 0.0443. The first-order valence-electron chi connectivity index (χ1n) is 9.01. The summed E-state index contributed by atoms with van der Waals surface area (Å²) in [4.78, 5) is 34.2. The summed E-state index contributed by atoms with van der Waals surface area (Å²) in [5, 5.41) is 15.7. The molecule has 1 amide bonds. The van der Waals surface area contributed by atoms with Crippen LogP contribution in [0.25, 0.3) is 10.2 Å². The Morgan fingerprint density at radius 1 is 1.21 bits per heavy atom. The van der Waals surface area contributed by atoms with Gasteiger partial charge in [-0.15, -0.1) is 11.3 Å². The number of anilines is 1. The summed E-state index contributed by atoms with van der Waals surface area (Å²) < 4.78 is 0. The average Bonchev–Trinajstić information content (AvgIpc) is 3.09. The molecule has 0 bridgehead atoms. The summed E-state index contributed by atoms with van der Waals surface area (Å²) in [7, 11) is 0. The van der Waals surface area contributed by atoms with Crippen LogP contribution < -0.4 is 10.6 Å². The minimum absolute atomic E-state index is 0.409. The van der Waals surface area contributed by atoms with Gasteiger partial charge >= 0.3 is 5.97 Å². The van der Waals surface area contributed by atoms with E-state index < -0.39 is 17.9 Å². The van der Waals surface area contributed by atoms with Crippen molar-refractivity contribution in [3.63, 3.8) is 0 Å². The first kappa shape index (κ1) is 19.8. The van der Waals surface area contributed by atoms with Crippen LogP contribution in [0.5, 0.6) is 0 Å². The Morgan fingerprint density at radius 2 is 1.93 bits per heavy atom. The molecule has 28 heavy (non-hydrogen) atoms. The van der Waals surface area contributed by atoms with Crippen molar-refractivity contribution in [3.05, 3.63) is 52.2 Å². The van der Waals surface area contributed by atoms with E-state index in [-0.39, 0.29) is 0 Å². The Balaban J connectivity index is 1.70. The SMILES string of the molecule is CCc1cc2c(NCc3ccc(C(=O)NC(C)C(=O)O)cc3)nc(C)nc2s1. The summed E-state index contributed by atoms with van der Waals surface area (Å²) in [6, 6.07) is 8.23. The molecule has 8 heteroatoms. The fourth-order valence-corrected chi connectivity index (χ4v) is 3.70. The number of hydrogen-bond acceptors (Lipinski definition) is 6. The Bertz CT molecular complexity index is 1010. The number of rotatable bonds is 7. The molecule has 7 nitrogen and oxygen atoms in total. The van der Waals surface area contributed by atoms with Crippen molar-refractivity contribution in [2.45, 2.75) is 39.8 Å². The maximum Gasteiger partial charge on any atom is 0.325 e. The van der Waals surface area contributed by atoms with Crippen molar-refractivity contribution in [2.24, 2.45) is 0 Å². The first-order valence-corrected chi connectivity index (χ1v) is 9.82. The molecule has 3 rings (SSSR count). The Kier molecular flexibility index (Phi) is 5.89. The molecule has 1 atom stereocenters. The highest BCUT2D eigenvalue weighted by atomic mass is 32.1.